The Balaban J connectivity index is 1.65. The predicted molar refractivity (Wildman–Crippen MR) is 82.0 cm³/mol. The number of aromatic nitrogens is 2. The molecule has 3 unspecified atom stereocenters. The number of aliphatic hydroxyl groups is 1. The maximum atomic E-state index is 9.94. The van der Waals surface area contributed by atoms with E-state index in [-0.39, 0.29) is 12.1 Å². The van der Waals surface area contributed by atoms with Gasteiger partial charge in [-0.05, 0) is 44.2 Å². The van der Waals surface area contributed by atoms with Gasteiger partial charge in [-0.2, -0.15) is 0 Å². The number of hydrogen-bond acceptors (Lipinski definition) is 6. The van der Waals surface area contributed by atoms with E-state index in [4.69, 9.17) is 4.42 Å². The van der Waals surface area contributed by atoms with Gasteiger partial charge in [0.1, 0.15) is 0 Å². The van der Waals surface area contributed by atoms with Gasteiger partial charge in [0.05, 0.1) is 17.0 Å². The molecule has 21 heavy (non-hydrogen) atoms. The summed E-state index contributed by atoms with van der Waals surface area (Å²) in [6.07, 6.45) is 2.99. The Bertz CT molecular complexity index is 569. The van der Waals surface area contributed by atoms with Crippen molar-refractivity contribution in [2.45, 2.75) is 38.3 Å². The molecular weight excluding hydrogens is 286 g/mol. The van der Waals surface area contributed by atoms with Crippen LogP contribution >= 0.6 is 11.3 Å². The van der Waals surface area contributed by atoms with Crippen LogP contribution in [0.2, 0.25) is 0 Å². The van der Waals surface area contributed by atoms with Crippen LogP contribution in [0.5, 0.6) is 0 Å². The zero-order valence-corrected chi connectivity index (χ0v) is 13.2. The van der Waals surface area contributed by atoms with E-state index in [9.17, 15) is 5.11 Å². The van der Waals surface area contributed by atoms with Gasteiger partial charge in [-0.3, -0.25) is 4.90 Å². The van der Waals surface area contributed by atoms with Crippen LogP contribution in [0.25, 0.3) is 10.8 Å². The smallest absolute Gasteiger partial charge is 0.257 e. The second-order valence-corrected chi connectivity index (χ2v) is 6.74. The van der Waals surface area contributed by atoms with Crippen LogP contribution in [-0.2, 0) is 0 Å². The molecule has 0 saturated heterocycles. The standard InChI is InChI=1S/C15H21N3O2S/c1-10(18(2)9-11-5-3-6-12(11)19)14-16-17-15(20-14)13-7-4-8-21-13/h4,7-8,10-12,19H,3,5-6,9H2,1-2H3. The molecule has 0 spiro atoms. The molecule has 3 rings (SSSR count). The molecule has 0 aromatic carbocycles. The lowest BCUT2D eigenvalue weighted by Crippen LogP contribution is -2.32. The monoisotopic (exact) mass is 307 g/mol. The van der Waals surface area contributed by atoms with Crippen LogP contribution in [0.1, 0.15) is 38.1 Å². The highest BCUT2D eigenvalue weighted by Gasteiger charge is 2.29. The van der Waals surface area contributed by atoms with E-state index in [0.29, 0.717) is 17.7 Å². The molecule has 0 amide bonds. The van der Waals surface area contributed by atoms with Crippen molar-refractivity contribution >= 4 is 11.3 Å². The van der Waals surface area contributed by atoms with Crippen LogP contribution in [0, 0.1) is 5.92 Å². The lowest BCUT2D eigenvalue weighted by atomic mass is 10.0. The van der Waals surface area contributed by atoms with Crippen molar-refractivity contribution in [2.24, 2.45) is 5.92 Å². The number of thiophene rings is 1. The van der Waals surface area contributed by atoms with Crippen molar-refractivity contribution in [1.29, 1.82) is 0 Å². The Morgan fingerprint density at radius 3 is 3.00 bits per heavy atom. The summed E-state index contributed by atoms with van der Waals surface area (Å²) in [6, 6.07) is 4.01. The van der Waals surface area contributed by atoms with Crippen molar-refractivity contribution in [3.63, 3.8) is 0 Å². The maximum absolute atomic E-state index is 9.94. The molecule has 3 atom stereocenters. The van der Waals surface area contributed by atoms with Gasteiger partial charge in [-0.15, -0.1) is 21.5 Å². The van der Waals surface area contributed by atoms with Gasteiger partial charge >= 0.3 is 0 Å². The molecule has 5 nitrogen and oxygen atoms in total. The molecule has 114 valence electrons. The zero-order valence-electron chi connectivity index (χ0n) is 12.4. The summed E-state index contributed by atoms with van der Waals surface area (Å²) in [6.45, 7) is 2.92. The molecule has 1 aliphatic carbocycles. The van der Waals surface area contributed by atoms with Crippen molar-refractivity contribution in [2.75, 3.05) is 13.6 Å². The Morgan fingerprint density at radius 1 is 1.48 bits per heavy atom. The highest BCUT2D eigenvalue weighted by Crippen LogP contribution is 2.30. The van der Waals surface area contributed by atoms with E-state index in [2.05, 4.69) is 22.0 Å². The average molecular weight is 307 g/mol. The van der Waals surface area contributed by atoms with Crippen molar-refractivity contribution in [3.05, 3.63) is 23.4 Å². The largest absolute Gasteiger partial charge is 0.418 e. The molecule has 2 aromatic heterocycles. The highest BCUT2D eigenvalue weighted by molar-refractivity contribution is 7.13. The van der Waals surface area contributed by atoms with Gasteiger partial charge < -0.3 is 9.52 Å². The van der Waals surface area contributed by atoms with E-state index < -0.39 is 0 Å². The van der Waals surface area contributed by atoms with E-state index in [0.717, 1.165) is 30.7 Å². The molecule has 0 aliphatic heterocycles. The summed E-state index contributed by atoms with van der Waals surface area (Å²) in [5.74, 6) is 1.58. The highest BCUT2D eigenvalue weighted by atomic mass is 32.1. The van der Waals surface area contributed by atoms with Crippen LogP contribution < -0.4 is 0 Å². The topological polar surface area (TPSA) is 62.4 Å². The summed E-state index contributed by atoms with van der Waals surface area (Å²) in [5.41, 5.74) is 0. The first-order valence-electron chi connectivity index (χ1n) is 7.40. The summed E-state index contributed by atoms with van der Waals surface area (Å²) < 4.78 is 5.79. The van der Waals surface area contributed by atoms with Gasteiger partial charge in [0.2, 0.25) is 5.89 Å². The van der Waals surface area contributed by atoms with Gasteiger partial charge in [-0.1, -0.05) is 12.5 Å². The number of aliphatic hydroxyl groups excluding tert-OH is 1. The first kappa shape index (κ1) is 14.7. The fourth-order valence-electron chi connectivity index (χ4n) is 2.85. The average Bonchev–Trinajstić information content (AvgIpc) is 3.18. The Hall–Kier alpha value is -1.24. The maximum Gasteiger partial charge on any atom is 0.257 e. The first-order valence-corrected chi connectivity index (χ1v) is 8.28. The molecule has 6 heteroatoms. The molecule has 1 N–H and O–H groups in total. The van der Waals surface area contributed by atoms with E-state index in [1.54, 1.807) is 11.3 Å². The number of hydrogen-bond donors (Lipinski definition) is 1. The first-order chi connectivity index (χ1) is 10.1. The zero-order chi connectivity index (χ0) is 14.8. The Kier molecular flexibility index (Phi) is 4.37. The molecular formula is C15H21N3O2S. The quantitative estimate of drug-likeness (QED) is 0.920. The normalized spacial score (nSPS) is 23.8. The van der Waals surface area contributed by atoms with Gasteiger partial charge in [-0.25, -0.2) is 0 Å². The molecule has 1 saturated carbocycles. The lowest BCUT2D eigenvalue weighted by Gasteiger charge is -2.26. The van der Waals surface area contributed by atoms with Crippen molar-refractivity contribution in [3.8, 4) is 10.8 Å². The van der Waals surface area contributed by atoms with Crippen molar-refractivity contribution < 1.29 is 9.52 Å². The Morgan fingerprint density at radius 2 is 2.33 bits per heavy atom. The SMILES string of the molecule is CC(c1nnc(-c2cccs2)o1)N(C)CC1CCCC1O. The second kappa shape index (κ2) is 6.25. The second-order valence-electron chi connectivity index (χ2n) is 5.80. The van der Waals surface area contributed by atoms with Gasteiger partial charge in [0, 0.05) is 6.54 Å². The molecule has 0 radical (unpaired) electrons. The number of nitrogens with zero attached hydrogens (tertiary/aromatic N) is 3. The summed E-state index contributed by atoms with van der Waals surface area (Å²) in [7, 11) is 2.05. The summed E-state index contributed by atoms with van der Waals surface area (Å²) in [5, 5.41) is 20.2. The van der Waals surface area contributed by atoms with E-state index in [1.807, 2.05) is 24.6 Å². The molecule has 2 aromatic rings. The Labute approximate surface area is 128 Å². The van der Waals surface area contributed by atoms with Crippen molar-refractivity contribution in [1.82, 2.24) is 15.1 Å². The molecule has 1 fully saturated rings. The summed E-state index contributed by atoms with van der Waals surface area (Å²) in [4.78, 5) is 3.18. The molecule has 1 aliphatic rings. The third-order valence-corrected chi connectivity index (χ3v) is 5.19. The van der Waals surface area contributed by atoms with Crippen LogP contribution in [0.3, 0.4) is 0 Å². The minimum absolute atomic E-state index is 0.0546. The van der Waals surface area contributed by atoms with Gasteiger partial charge in [0.15, 0.2) is 0 Å². The van der Waals surface area contributed by atoms with E-state index in [1.165, 1.54) is 0 Å². The fourth-order valence-corrected chi connectivity index (χ4v) is 3.49. The minimum atomic E-state index is -0.163. The van der Waals surface area contributed by atoms with Gasteiger partial charge in [0.25, 0.3) is 5.89 Å². The van der Waals surface area contributed by atoms with Crippen LogP contribution in [0.15, 0.2) is 21.9 Å². The summed E-state index contributed by atoms with van der Waals surface area (Å²) >= 11 is 1.59. The van der Waals surface area contributed by atoms with E-state index >= 15 is 0 Å². The third kappa shape index (κ3) is 3.17. The fraction of sp³-hybridized carbons (Fsp3) is 0.600. The predicted octanol–water partition coefficient (Wildman–Crippen LogP) is 2.95. The lowest BCUT2D eigenvalue weighted by molar-refractivity contribution is 0.0945. The molecule has 0 bridgehead atoms. The third-order valence-electron chi connectivity index (χ3n) is 4.33. The van der Waals surface area contributed by atoms with Crippen LogP contribution in [-0.4, -0.2) is 39.9 Å². The molecule has 2 heterocycles. The minimum Gasteiger partial charge on any atom is -0.418 e. The number of rotatable bonds is 5. The van der Waals surface area contributed by atoms with Crippen LogP contribution in [0.4, 0.5) is 0 Å².